The number of nitrogen functional groups attached to an aromatic ring is 2. The van der Waals surface area contributed by atoms with Crippen molar-refractivity contribution >= 4 is 55.9 Å². The van der Waals surface area contributed by atoms with E-state index in [-0.39, 0.29) is 78.5 Å². The van der Waals surface area contributed by atoms with Crippen molar-refractivity contribution in [2.75, 3.05) is 11.5 Å². The number of hydrogen-bond acceptors (Lipinski definition) is 12. The van der Waals surface area contributed by atoms with E-state index in [1.807, 2.05) is 0 Å². The summed E-state index contributed by atoms with van der Waals surface area (Å²) in [7, 11) is 0. The topological polar surface area (TPSA) is 200 Å². The van der Waals surface area contributed by atoms with Crippen molar-refractivity contribution in [2.45, 2.75) is 25.9 Å². The zero-order chi connectivity index (χ0) is 45.1. The average molecular weight is 875 g/mol. The highest BCUT2D eigenvalue weighted by atomic mass is 19.1. The van der Waals surface area contributed by atoms with Gasteiger partial charge in [-0.15, -0.1) is 0 Å². The van der Waals surface area contributed by atoms with Gasteiger partial charge in [0.05, 0.1) is 35.9 Å². The van der Waals surface area contributed by atoms with Crippen LogP contribution < -0.4 is 22.3 Å². The van der Waals surface area contributed by atoms with E-state index in [0.29, 0.717) is 11.1 Å². The predicted octanol–water partition coefficient (Wildman–Crippen LogP) is 8.42. The minimum absolute atomic E-state index is 0.0347. The zero-order valence-electron chi connectivity index (χ0n) is 33.0. The Kier molecular flexibility index (Phi) is 10.1. The Morgan fingerprint density at radius 2 is 0.906 bits per heavy atom. The van der Waals surface area contributed by atoms with Crippen molar-refractivity contribution < 1.29 is 35.2 Å². The molecular formula is C44H28F6N10O4. The van der Waals surface area contributed by atoms with Crippen LogP contribution in [0.1, 0.15) is 37.5 Å². The number of hydrogen-bond donors (Lipinski definition) is 2. The van der Waals surface area contributed by atoms with E-state index in [1.54, 1.807) is 13.8 Å². The molecule has 14 nitrogen and oxygen atoms in total. The fraction of sp³-hybridized carbons (Fsp3) is 0.0909. The molecule has 6 heterocycles. The molecule has 64 heavy (non-hydrogen) atoms. The van der Waals surface area contributed by atoms with Crippen molar-refractivity contribution in [1.82, 2.24) is 39.0 Å². The lowest BCUT2D eigenvalue weighted by Crippen LogP contribution is -2.16. The Labute approximate surface area is 354 Å². The first kappa shape index (κ1) is 41.0. The lowest BCUT2D eigenvalue weighted by molar-refractivity contribution is 0.464. The summed E-state index contributed by atoms with van der Waals surface area (Å²) in [4.78, 5) is 49.5. The van der Waals surface area contributed by atoms with Crippen LogP contribution in [0.2, 0.25) is 0 Å². The van der Waals surface area contributed by atoms with Crippen molar-refractivity contribution in [1.29, 1.82) is 0 Å². The van der Waals surface area contributed by atoms with Gasteiger partial charge in [-0.2, -0.15) is 28.7 Å². The Morgan fingerprint density at radius 3 is 1.28 bits per heavy atom. The molecule has 320 valence electrons. The molecule has 0 amide bonds. The first-order valence-corrected chi connectivity index (χ1v) is 19.0. The second-order valence-electron chi connectivity index (χ2n) is 14.3. The van der Waals surface area contributed by atoms with Gasteiger partial charge in [0.2, 0.25) is 10.9 Å². The van der Waals surface area contributed by atoms with Crippen molar-refractivity contribution in [3.8, 4) is 22.3 Å². The lowest BCUT2D eigenvalue weighted by atomic mass is 9.99. The van der Waals surface area contributed by atoms with Gasteiger partial charge in [-0.3, -0.25) is 9.59 Å². The number of nitrogens with zero attached hydrogens (tertiary/aromatic N) is 8. The van der Waals surface area contributed by atoms with Crippen LogP contribution in [-0.2, 0) is 0 Å². The van der Waals surface area contributed by atoms with Crippen LogP contribution in [0.15, 0.2) is 116 Å². The van der Waals surface area contributed by atoms with E-state index in [9.17, 15) is 35.9 Å². The molecule has 2 atom stereocenters. The minimum Gasteiger partial charge on any atom is -0.458 e. The molecule has 0 bridgehead atoms. The molecule has 0 aliphatic rings. The van der Waals surface area contributed by atoms with Gasteiger partial charge >= 0.3 is 12.2 Å². The standard InChI is InChI=1S/2C22H14F3N5O2/c2*1-10(30-9-27-17-20(26)28-22(25)29-21(17)30)19-15(11-5-7-12(23)8-6-11)18(31)16-13(24)3-2-4-14(16)32-19/h2*2-10H,1H3,(H2,26,28,29). The molecular weight excluding hydrogens is 847 g/mol. The normalized spacial score (nSPS) is 12.5. The van der Waals surface area contributed by atoms with Crippen molar-refractivity contribution in [3.05, 3.63) is 165 Å². The summed E-state index contributed by atoms with van der Waals surface area (Å²) in [5, 5.41) is -0.452. The first-order valence-electron chi connectivity index (χ1n) is 19.0. The van der Waals surface area contributed by atoms with Crippen LogP contribution >= 0.6 is 0 Å². The number of halogens is 6. The number of fused-ring (bicyclic) bond motifs is 4. The molecule has 0 spiro atoms. The number of aromatic nitrogens is 8. The monoisotopic (exact) mass is 874 g/mol. The lowest BCUT2D eigenvalue weighted by Gasteiger charge is -2.18. The second-order valence-corrected chi connectivity index (χ2v) is 14.3. The summed E-state index contributed by atoms with van der Waals surface area (Å²) < 4.78 is 98.6. The predicted molar refractivity (Wildman–Crippen MR) is 223 cm³/mol. The van der Waals surface area contributed by atoms with Gasteiger partial charge in [-0.1, -0.05) is 36.4 Å². The molecule has 2 unspecified atom stereocenters. The number of benzene rings is 4. The maximum atomic E-state index is 14.5. The van der Waals surface area contributed by atoms with Crippen LogP contribution in [0.25, 0.3) is 66.5 Å². The van der Waals surface area contributed by atoms with Gasteiger partial charge in [0, 0.05) is 0 Å². The van der Waals surface area contributed by atoms with E-state index in [0.717, 1.165) is 12.1 Å². The summed E-state index contributed by atoms with van der Waals surface area (Å²) in [6, 6.07) is 16.9. The van der Waals surface area contributed by atoms with E-state index >= 15 is 0 Å². The van der Waals surface area contributed by atoms with Gasteiger partial charge in [0.15, 0.2) is 22.9 Å². The fourth-order valence-electron chi connectivity index (χ4n) is 7.44. The van der Waals surface area contributed by atoms with Crippen molar-refractivity contribution in [2.24, 2.45) is 0 Å². The highest BCUT2D eigenvalue weighted by Crippen LogP contribution is 2.35. The number of rotatable bonds is 6. The molecule has 0 radical (unpaired) electrons. The SMILES string of the molecule is CC(c1oc2cccc(F)c2c(=O)c1-c1ccc(F)cc1)n1cnc2c(N)nc(F)nc21.CC(c1oc2cccc(F)c2c(=O)c1-c1ccc(F)cc1)n1cnc2c(N)nc(F)nc21. The number of imidazole rings is 2. The van der Waals surface area contributed by atoms with E-state index in [4.69, 9.17) is 20.3 Å². The van der Waals surface area contributed by atoms with E-state index < -0.39 is 58.4 Å². The van der Waals surface area contributed by atoms with E-state index in [1.165, 1.54) is 94.6 Å². The molecule has 6 aromatic heterocycles. The Hall–Kier alpha value is -8.42. The van der Waals surface area contributed by atoms with Gasteiger partial charge in [-0.25, -0.2) is 27.5 Å². The van der Waals surface area contributed by atoms with Crippen LogP contribution in [0.4, 0.5) is 38.0 Å². The minimum atomic E-state index is -1.04. The largest absolute Gasteiger partial charge is 0.458 e. The fourth-order valence-corrected chi connectivity index (χ4v) is 7.44. The number of nitrogens with two attached hydrogens (primary N) is 2. The molecule has 0 aliphatic carbocycles. The quantitative estimate of drug-likeness (QED) is 0.120. The van der Waals surface area contributed by atoms with Crippen LogP contribution in [-0.4, -0.2) is 39.0 Å². The molecule has 0 fully saturated rings. The number of anilines is 2. The molecule has 20 heteroatoms. The molecule has 4 N–H and O–H groups in total. The van der Waals surface area contributed by atoms with Crippen molar-refractivity contribution in [3.63, 3.8) is 0 Å². The molecule has 0 saturated heterocycles. The maximum Gasteiger partial charge on any atom is 0.312 e. The van der Waals surface area contributed by atoms with Gasteiger partial charge in [0.25, 0.3) is 0 Å². The third-order valence-electron chi connectivity index (χ3n) is 10.5. The molecule has 0 aliphatic heterocycles. The van der Waals surface area contributed by atoms with Gasteiger partial charge in [0.1, 0.15) is 67.8 Å². The second kappa shape index (κ2) is 15.8. The van der Waals surface area contributed by atoms with Crippen LogP contribution in [0.5, 0.6) is 0 Å². The van der Waals surface area contributed by atoms with Gasteiger partial charge < -0.3 is 29.4 Å². The molecule has 10 aromatic rings. The Morgan fingerprint density at radius 1 is 0.531 bits per heavy atom. The third-order valence-corrected chi connectivity index (χ3v) is 10.5. The molecule has 0 saturated carbocycles. The molecule has 10 rings (SSSR count). The average Bonchev–Trinajstić information content (AvgIpc) is 3.89. The van der Waals surface area contributed by atoms with Crippen LogP contribution in [0, 0.1) is 35.4 Å². The highest BCUT2D eigenvalue weighted by molar-refractivity contribution is 5.86. The Balaban J connectivity index is 0.000000162. The smallest absolute Gasteiger partial charge is 0.312 e. The summed E-state index contributed by atoms with van der Waals surface area (Å²) >= 11 is 0. The maximum absolute atomic E-state index is 14.5. The van der Waals surface area contributed by atoms with Gasteiger partial charge in [-0.05, 0) is 73.5 Å². The summed E-state index contributed by atoms with van der Waals surface area (Å²) in [6.45, 7) is 3.35. The Bertz CT molecular complexity index is 3360. The third kappa shape index (κ3) is 6.99. The van der Waals surface area contributed by atoms with E-state index in [2.05, 4.69) is 29.9 Å². The summed E-state index contributed by atoms with van der Waals surface area (Å²) in [5.74, 6) is -2.48. The highest BCUT2D eigenvalue weighted by Gasteiger charge is 2.28. The first-order chi connectivity index (χ1) is 30.7. The summed E-state index contributed by atoms with van der Waals surface area (Å²) in [5.41, 5.74) is 11.6. The zero-order valence-corrected chi connectivity index (χ0v) is 33.0. The molecule has 4 aromatic carbocycles. The van der Waals surface area contributed by atoms with Crippen LogP contribution in [0.3, 0.4) is 0 Å². The summed E-state index contributed by atoms with van der Waals surface area (Å²) in [6.07, 6.45) is 0.656.